The number of hydrogen-bond donors (Lipinski definition) is 0. The fourth-order valence-electron chi connectivity index (χ4n) is 0.118. The molecule has 0 aromatic rings. The van der Waals surface area contributed by atoms with E-state index in [0.29, 0.717) is 19.4 Å². The van der Waals surface area contributed by atoms with Crippen molar-refractivity contribution >= 4 is 20.4 Å². The van der Waals surface area contributed by atoms with Gasteiger partial charge in [0.25, 0.3) is 0 Å². The van der Waals surface area contributed by atoms with Crippen molar-refractivity contribution in [2.75, 3.05) is 21.0 Å². The minimum absolute atomic E-state index is 0.389. The van der Waals surface area contributed by atoms with Crippen LogP contribution in [0.2, 0.25) is 0 Å². The van der Waals surface area contributed by atoms with Gasteiger partial charge in [-0.25, -0.2) is 0 Å². The van der Waals surface area contributed by atoms with Crippen molar-refractivity contribution < 1.29 is 22.1 Å². The van der Waals surface area contributed by atoms with Gasteiger partial charge in [-0.2, -0.15) is 0 Å². The Labute approximate surface area is 63.8 Å². The Morgan fingerprint density at radius 2 is 1.50 bits per heavy atom. The molecule has 8 heavy (non-hydrogen) atoms. The van der Waals surface area contributed by atoms with E-state index in [0.717, 1.165) is 0 Å². The molecular formula is C3H8Cl2NiO2. The third-order valence-corrected chi connectivity index (χ3v) is 0.236. The van der Waals surface area contributed by atoms with E-state index in [1.54, 1.807) is 14.2 Å². The fraction of sp³-hybridized carbons (Fsp3) is 1.00. The summed E-state index contributed by atoms with van der Waals surface area (Å²) in [6.45, 7) is 0.389. The summed E-state index contributed by atoms with van der Waals surface area (Å²) in [7, 11) is 12.6. The van der Waals surface area contributed by atoms with Crippen LogP contribution < -0.4 is 0 Å². The molecule has 0 heterocycles. The molecule has 0 radical (unpaired) electrons. The zero-order valence-electron chi connectivity index (χ0n) is 4.60. The van der Waals surface area contributed by atoms with Crippen molar-refractivity contribution in [3.8, 4) is 0 Å². The molecule has 0 atom stereocenters. The Hall–Kier alpha value is 0.994. The molecule has 0 bridgehead atoms. The topological polar surface area (TPSA) is 18.5 Å². The molecule has 0 aromatic carbocycles. The van der Waals surface area contributed by atoms with Gasteiger partial charge < -0.3 is 9.47 Å². The molecule has 0 fully saturated rings. The molecule has 0 N–H and O–H groups in total. The average Bonchev–Trinajstić information content (AvgIpc) is 1.71. The number of hydrogen-bond acceptors (Lipinski definition) is 2. The summed E-state index contributed by atoms with van der Waals surface area (Å²) in [5.41, 5.74) is 0. The predicted octanol–water partition coefficient (Wildman–Crippen LogP) is 1.61. The van der Waals surface area contributed by atoms with Gasteiger partial charge in [-0.05, 0) is 0 Å². The molecule has 0 spiro atoms. The van der Waals surface area contributed by atoms with Crippen LogP contribution in [-0.4, -0.2) is 21.0 Å². The van der Waals surface area contributed by atoms with E-state index in [2.05, 4.69) is 9.47 Å². The summed E-state index contributed by atoms with van der Waals surface area (Å²) in [5.74, 6) is 0. The zero-order chi connectivity index (χ0) is 6.83. The molecule has 5 heteroatoms. The van der Waals surface area contributed by atoms with Crippen LogP contribution in [0.3, 0.4) is 0 Å². The zero-order valence-corrected chi connectivity index (χ0v) is 7.10. The van der Waals surface area contributed by atoms with Crippen molar-refractivity contribution in [2.45, 2.75) is 0 Å². The van der Waals surface area contributed by atoms with Gasteiger partial charge in [0, 0.05) is 14.2 Å². The Bertz CT molecular complexity index is 29.2. The standard InChI is InChI=1S/C3H8O2.2ClH.Ni/c1-4-3-5-2;;;/h3H2,1-2H3;2*1H;/q;;;+2/p-2. The number of halogens is 2. The van der Waals surface area contributed by atoms with Crippen molar-refractivity contribution in [3.63, 3.8) is 0 Å². The minimum atomic E-state index is 0.389. The normalized spacial score (nSPS) is 8.00. The van der Waals surface area contributed by atoms with Crippen molar-refractivity contribution in [3.05, 3.63) is 0 Å². The maximum atomic E-state index is 4.70. The number of methoxy groups -OCH3 is 2. The van der Waals surface area contributed by atoms with Gasteiger partial charge in [0.15, 0.2) is 0 Å². The van der Waals surface area contributed by atoms with Gasteiger partial charge >= 0.3 is 33.0 Å². The van der Waals surface area contributed by atoms with Crippen LogP contribution in [0.15, 0.2) is 0 Å². The van der Waals surface area contributed by atoms with E-state index in [1.807, 2.05) is 0 Å². The summed E-state index contributed by atoms with van der Waals surface area (Å²) >= 11 is 0.569. The summed E-state index contributed by atoms with van der Waals surface area (Å²) in [6.07, 6.45) is 0. The van der Waals surface area contributed by atoms with E-state index >= 15 is 0 Å². The second kappa shape index (κ2) is 15.7. The summed E-state index contributed by atoms with van der Waals surface area (Å²) < 4.78 is 8.94. The quantitative estimate of drug-likeness (QED) is 0.504. The van der Waals surface area contributed by atoms with Crippen molar-refractivity contribution in [1.29, 1.82) is 0 Å². The second-order valence-electron chi connectivity index (χ2n) is 0.740. The molecule has 0 unspecified atom stereocenters. The predicted molar refractivity (Wildman–Crippen MR) is 30.6 cm³/mol. The third-order valence-electron chi connectivity index (χ3n) is 0.236. The third kappa shape index (κ3) is 28.0. The molecule has 0 aromatic heterocycles. The Morgan fingerprint density at radius 3 is 1.50 bits per heavy atom. The van der Waals surface area contributed by atoms with Crippen molar-refractivity contribution in [2.24, 2.45) is 0 Å². The molecular weight excluding hydrogens is 198 g/mol. The SMILES string of the molecule is COCOC.[Cl][Ni][Cl]. The monoisotopic (exact) mass is 204 g/mol. The Balaban J connectivity index is 0. The number of rotatable bonds is 2. The fourth-order valence-corrected chi connectivity index (χ4v) is 0.118. The molecule has 0 saturated heterocycles. The molecule has 0 aliphatic carbocycles. The molecule has 0 aliphatic heterocycles. The van der Waals surface area contributed by atoms with Crippen LogP contribution in [-0.2, 0) is 22.1 Å². The van der Waals surface area contributed by atoms with E-state index in [9.17, 15) is 0 Å². The Kier molecular flexibility index (Phi) is 23.0. The first kappa shape index (κ1) is 11.7. The van der Waals surface area contributed by atoms with Gasteiger partial charge in [-0.15, -0.1) is 0 Å². The van der Waals surface area contributed by atoms with E-state index < -0.39 is 0 Å². The molecule has 0 aliphatic rings. The van der Waals surface area contributed by atoms with E-state index in [-0.39, 0.29) is 0 Å². The average molecular weight is 206 g/mol. The van der Waals surface area contributed by atoms with Crippen LogP contribution in [0.5, 0.6) is 0 Å². The van der Waals surface area contributed by atoms with Crippen molar-refractivity contribution in [1.82, 2.24) is 0 Å². The van der Waals surface area contributed by atoms with Crippen LogP contribution >= 0.6 is 20.4 Å². The van der Waals surface area contributed by atoms with Crippen LogP contribution in [0, 0.1) is 0 Å². The first-order valence-corrected chi connectivity index (χ1v) is 4.35. The maximum absolute atomic E-state index is 4.70. The van der Waals surface area contributed by atoms with Gasteiger partial charge in [0.05, 0.1) is 0 Å². The van der Waals surface area contributed by atoms with Gasteiger partial charge in [-0.3, -0.25) is 0 Å². The molecule has 0 amide bonds. The summed E-state index contributed by atoms with van der Waals surface area (Å²) in [5, 5.41) is 0. The van der Waals surface area contributed by atoms with Gasteiger partial charge in [0.2, 0.25) is 0 Å². The summed E-state index contributed by atoms with van der Waals surface area (Å²) in [4.78, 5) is 0. The molecule has 0 rings (SSSR count). The molecule has 56 valence electrons. The van der Waals surface area contributed by atoms with Crippen LogP contribution in [0.25, 0.3) is 0 Å². The van der Waals surface area contributed by atoms with Gasteiger partial charge in [-0.1, -0.05) is 0 Å². The Morgan fingerprint density at radius 1 is 1.25 bits per heavy atom. The van der Waals surface area contributed by atoms with Crippen LogP contribution in [0.1, 0.15) is 0 Å². The van der Waals surface area contributed by atoms with Gasteiger partial charge in [0.1, 0.15) is 6.79 Å². The molecule has 0 saturated carbocycles. The molecule has 2 nitrogen and oxygen atoms in total. The number of ether oxygens (including phenoxy) is 2. The first-order chi connectivity index (χ1) is 3.83. The van der Waals surface area contributed by atoms with Crippen LogP contribution in [0.4, 0.5) is 0 Å². The second-order valence-corrected chi connectivity index (χ2v) is 2.37. The first-order valence-electron chi connectivity index (χ1n) is 1.63. The van der Waals surface area contributed by atoms with E-state index in [1.165, 1.54) is 0 Å². The van der Waals surface area contributed by atoms with E-state index in [4.69, 9.17) is 20.4 Å². The summed E-state index contributed by atoms with van der Waals surface area (Å²) in [6, 6.07) is 0.